The summed E-state index contributed by atoms with van der Waals surface area (Å²) in [6, 6.07) is 3.65. The van der Waals surface area contributed by atoms with Gasteiger partial charge in [0, 0.05) is 13.1 Å². The fourth-order valence-electron chi connectivity index (χ4n) is 1.67. The Hall–Kier alpha value is -1.49. The van der Waals surface area contributed by atoms with Gasteiger partial charge in [0.05, 0.1) is 18.4 Å². The highest BCUT2D eigenvalue weighted by Gasteiger charge is 2.11. The number of rotatable bonds is 7. The first-order valence-corrected chi connectivity index (χ1v) is 6.37. The molecule has 5 nitrogen and oxygen atoms in total. The van der Waals surface area contributed by atoms with Crippen molar-refractivity contribution in [2.24, 2.45) is 0 Å². The van der Waals surface area contributed by atoms with Crippen LogP contribution in [0.3, 0.4) is 0 Å². The Morgan fingerprint density at radius 1 is 1.39 bits per heavy atom. The second kappa shape index (κ2) is 7.06. The van der Waals surface area contributed by atoms with E-state index in [1.807, 2.05) is 24.8 Å². The molecule has 5 heteroatoms. The molecule has 0 bridgehead atoms. The van der Waals surface area contributed by atoms with Crippen molar-refractivity contribution in [3.05, 3.63) is 12.1 Å². The third kappa shape index (κ3) is 4.07. The van der Waals surface area contributed by atoms with Crippen molar-refractivity contribution in [3.63, 3.8) is 0 Å². The average Bonchev–Trinajstić information content (AvgIpc) is 2.31. The van der Waals surface area contributed by atoms with Crippen LogP contribution in [-0.2, 0) is 0 Å². The monoisotopic (exact) mass is 253 g/mol. The van der Waals surface area contributed by atoms with Crippen LogP contribution in [0, 0.1) is 0 Å². The number of nitrogens with two attached hydrogens (primary N) is 1. The third-order valence-electron chi connectivity index (χ3n) is 2.41. The molecule has 0 fully saturated rings. The van der Waals surface area contributed by atoms with Gasteiger partial charge >= 0.3 is 0 Å². The lowest BCUT2D eigenvalue weighted by Gasteiger charge is -2.23. The molecule has 3 N–H and O–H groups in total. The summed E-state index contributed by atoms with van der Waals surface area (Å²) >= 11 is 0. The molecule has 1 heterocycles. The van der Waals surface area contributed by atoms with E-state index < -0.39 is 0 Å². The summed E-state index contributed by atoms with van der Waals surface area (Å²) < 4.78 is 5.57. The SMILES string of the molecule is CCCN(CCO)c1ccc(N)c(OC(C)C)n1. The van der Waals surface area contributed by atoms with Crippen LogP contribution >= 0.6 is 0 Å². The fourth-order valence-corrected chi connectivity index (χ4v) is 1.67. The molecular formula is C13H23N3O2. The van der Waals surface area contributed by atoms with Crippen LogP contribution in [0.2, 0.25) is 0 Å². The summed E-state index contributed by atoms with van der Waals surface area (Å²) in [7, 11) is 0. The minimum Gasteiger partial charge on any atom is -0.473 e. The Bertz CT molecular complexity index is 363. The van der Waals surface area contributed by atoms with E-state index in [-0.39, 0.29) is 12.7 Å². The second-order valence-corrected chi connectivity index (χ2v) is 4.44. The van der Waals surface area contributed by atoms with E-state index in [1.165, 1.54) is 0 Å². The van der Waals surface area contributed by atoms with Gasteiger partial charge in [0.15, 0.2) is 0 Å². The lowest BCUT2D eigenvalue weighted by molar-refractivity contribution is 0.234. The number of pyridine rings is 1. The number of ether oxygens (including phenoxy) is 1. The molecule has 1 aromatic heterocycles. The fraction of sp³-hybridized carbons (Fsp3) is 0.615. The van der Waals surface area contributed by atoms with Crippen molar-refractivity contribution < 1.29 is 9.84 Å². The van der Waals surface area contributed by atoms with Crippen molar-refractivity contribution in [2.75, 3.05) is 30.3 Å². The lowest BCUT2D eigenvalue weighted by Crippen LogP contribution is -2.28. The number of nitrogen functional groups attached to an aromatic ring is 1. The largest absolute Gasteiger partial charge is 0.473 e. The van der Waals surface area contributed by atoms with E-state index in [0.717, 1.165) is 18.8 Å². The van der Waals surface area contributed by atoms with Crippen molar-refractivity contribution in [1.29, 1.82) is 0 Å². The minimum absolute atomic E-state index is 0.0347. The van der Waals surface area contributed by atoms with Gasteiger partial charge in [0.2, 0.25) is 5.88 Å². The van der Waals surface area contributed by atoms with Gasteiger partial charge in [-0.1, -0.05) is 6.92 Å². The van der Waals surface area contributed by atoms with Crippen LogP contribution < -0.4 is 15.4 Å². The van der Waals surface area contributed by atoms with E-state index in [4.69, 9.17) is 15.6 Å². The van der Waals surface area contributed by atoms with Crippen molar-refractivity contribution >= 4 is 11.5 Å². The highest BCUT2D eigenvalue weighted by molar-refractivity contribution is 5.54. The van der Waals surface area contributed by atoms with Crippen LogP contribution in [0.4, 0.5) is 11.5 Å². The zero-order valence-corrected chi connectivity index (χ0v) is 11.4. The summed E-state index contributed by atoms with van der Waals surface area (Å²) in [5.41, 5.74) is 6.37. The molecule has 0 radical (unpaired) electrons. The molecule has 0 aliphatic heterocycles. The van der Waals surface area contributed by atoms with Gasteiger partial charge in [0.25, 0.3) is 0 Å². The molecule has 1 rings (SSSR count). The van der Waals surface area contributed by atoms with Gasteiger partial charge in [-0.2, -0.15) is 4.98 Å². The van der Waals surface area contributed by atoms with Gasteiger partial charge in [-0.25, -0.2) is 0 Å². The first kappa shape index (κ1) is 14.6. The predicted molar refractivity (Wildman–Crippen MR) is 74.0 cm³/mol. The van der Waals surface area contributed by atoms with Crippen molar-refractivity contribution in [3.8, 4) is 5.88 Å². The van der Waals surface area contributed by atoms with Gasteiger partial charge in [-0.3, -0.25) is 0 Å². The number of anilines is 2. The summed E-state index contributed by atoms with van der Waals surface area (Å²) in [4.78, 5) is 6.44. The van der Waals surface area contributed by atoms with Gasteiger partial charge < -0.3 is 20.5 Å². The van der Waals surface area contributed by atoms with Gasteiger partial charge in [0.1, 0.15) is 5.82 Å². The maximum atomic E-state index is 9.07. The topological polar surface area (TPSA) is 71.6 Å². The van der Waals surface area contributed by atoms with E-state index in [2.05, 4.69) is 11.9 Å². The number of hydrogen-bond acceptors (Lipinski definition) is 5. The first-order chi connectivity index (χ1) is 8.58. The maximum Gasteiger partial charge on any atom is 0.239 e. The van der Waals surface area contributed by atoms with Crippen LogP contribution in [0.5, 0.6) is 5.88 Å². The van der Waals surface area contributed by atoms with Crippen LogP contribution in [0.15, 0.2) is 12.1 Å². The minimum atomic E-state index is 0.0347. The summed E-state index contributed by atoms with van der Waals surface area (Å²) in [5, 5.41) is 9.07. The molecule has 0 spiro atoms. The molecule has 0 saturated carbocycles. The molecular weight excluding hydrogens is 230 g/mol. The molecule has 0 atom stereocenters. The van der Waals surface area contributed by atoms with Crippen molar-refractivity contribution in [2.45, 2.75) is 33.3 Å². The van der Waals surface area contributed by atoms with E-state index >= 15 is 0 Å². The molecule has 18 heavy (non-hydrogen) atoms. The number of aliphatic hydroxyl groups excluding tert-OH is 1. The van der Waals surface area contributed by atoms with E-state index in [9.17, 15) is 0 Å². The smallest absolute Gasteiger partial charge is 0.239 e. The Balaban J connectivity index is 2.93. The van der Waals surface area contributed by atoms with Crippen LogP contribution in [-0.4, -0.2) is 35.9 Å². The quantitative estimate of drug-likeness (QED) is 0.773. The van der Waals surface area contributed by atoms with E-state index in [1.54, 1.807) is 6.07 Å². The Kier molecular flexibility index (Phi) is 5.71. The number of aliphatic hydroxyl groups is 1. The Labute approximate surface area is 109 Å². The molecule has 0 unspecified atom stereocenters. The summed E-state index contributed by atoms with van der Waals surface area (Å²) in [6.45, 7) is 7.47. The number of nitrogens with zero attached hydrogens (tertiary/aromatic N) is 2. The van der Waals surface area contributed by atoms with Crippen LogP contribution in [0.1, 0.15) is 27.2 Å². The maximum absolute atomic E-state index is 9.07. The second-order valence-electron chi connectivity index (χ2n) is 4.44. The number of aromatic nitrogens is 1. The predicted octanol–water partition coefficient (Wildman–Crippen LogP) is 1.66. The molecule has 0 aliphatic rings. The highest BCUT2D eigenvalue weighted by Crippen LogP contribution is 2.24. The normalized spacial score (nSPS) is 10.7. The molecule has 0 saturated heterocycles. The van der Waals surface area contributed by atoms with Gasteiger partial charge in [-0.15, -0.1) is 0 Å². The molecule has 102 valence electrons. The Morgan fingerprint density at radius 2 is 2.11 bits per heavy atom. The molecule has 0 amide bonds. The third-order valence-corrected chi connectivity index (χ3v) is 2.41. The summed E-state index contributed by atoms with van der Waals surface area (Å²) in [5.74, 6) is 1.25. The highest BCUT2D eigenvalue weighted by atomic mass is 16.5. The zero-order valence-electron chi connectivity index (χ0n) is 11.4. The zero-order chi connectivity index (χ0) is 13.5. The molecule has 0 aromatic carbocycles. The standard InChI is InChI=1S/C13H23N3O2/c1-4-7-16(8-9-17)12-6-5-11(14)13(15-12)18-10(2)3/h5-6,10,17H,4,7-9,14H2,1-3H3. The van der Waals surface area contributed by atoms with E-state index in [0.29, 0.717) is 18.1 Å². The molecule has 1 aromatic rings. The summed E-state index contributed by atoms with van der Waals surface area (Å²) in [6.07, 6.45) is 1.03. The number of hydrogen-bond donors (Lipinski definition) is 2. The van der Waals surface area contributed by atoms with Crippen LogP contribution in [0.25, 0.3) is 0 Å². The average molecular weight is 253 g/mol. The first-order valence-electron chi connectivity index (χ1n) is 6.37. The van der Waals surface area contributed by atoms with Crippen molar-refractivity contribution in [1.82, 2.24) is 4.98 Å². The molecule has 0 aliphatic carbocycles. The Morgan fingerprint density at radius 3 is 2.67 bits per heavy atom. The lowest BCUT2D eigenvalue weighted by atomic mass is 10.3. The van der Waals surface area contributed by atoms with Gasteiger partial charge in [-0.05, 0) is 32.4 Å².